The van der Waals surface area contributed by atoms with Gasteiger partial charge in [0, 0.05) is 6.54 Å². The molecule has 1 saturated heterocycles. The lowest BCUT2D eigenvalue weighted by Crippen LogP contribution is -2.51. The van der Waals surface area contributed by atoms with Gasteiger partial charge in [0.15, 0.2) is 0 Å². The maximum absolute atomic E-state index is 12.3. The zero-order chi connectivity index (χ0) is 15.0. The Hall–Kier alpha value is -1.26. The second-order valence-corrected chi connectivity index (χ2v) is 7.00. The Labute approximate surface area is 120 Å². The molecule has 2 rings (SSSR count). The van der Waals surface area contributed by atoms with Crippen LogP contribution >= 0.6 is 0 Å². The molecule has 0 radical (unpaired) electrons. The Balaban J connectivity index is 2.18. The molecule has 0 aromatic carbocycles. The molecule has 0 aromatic rings. The number of aliphatic carboxylic acids is 1. The van der Waals surface area contributed by atoms with E-state index in [0.29, 0.717) is 19.4 Å². The molecule has 114 valence electrons. The van der Waals surface area contributed by atoms with Crippen molar-refractivity contribution in [1.29, 1.82) is 0 Å². The number of carboxylic acid groups (broad SMARTS) is 1. The van der Waals surface area contributed by atoms with Crippen molar-refractivity contribution in [2.45, 2.75) is 70.9 Å². The molecule has 5 nitrogen and oxygen atoms in total. The molecule has 0 bridgehead atoms. The van der Waals surface area contributed by atoms with E-state index in [0.717, 1.165) is 25.7 Å². The quantitative estimate of drug-likeness (QED) is 0.846. The Morgan fingerprint density at radius 1 is 1.20 bits per heavy atom. The summed E-state index contributed by atoms with van der Waals surface area (Å²) in [5, 5.41) is 9.68. The van der Waals surface area contributed by atoms with Crippen LogP contribution in [0.5, 0.6) is 0 Å². The number of nitrogens with zero attached hydrogens (tertiary/aromatic N) is 1. The maximum Gasteiger partial charge on any atom is 0.410 e. The summed E-state index contributed by atoms with van der Waals surface area (Å²) < 4.78 is 5.43. The predicted molar refractivity (Wildman–Crippen MR) is 74.5 cm³/mol. The monoisotopic (exact) mass is 283 g/mol. The summed E-state index contributed by atoms with van der Waals surface area (Å²) in [5.74, 6) is -0.754. The van der Waals surface area contributed by atoms with E-state index in [1.54, 1.807) is 4.90 Å². The number of likely N-dealkylation sites (tertiary alicyclic amines) is 1. The molecule has 1 aliphatic heterocycles. The van der Waals surface area contributed by atoms with Crippen LogP contribution in [-0.2, 0) is 9.53 Å². The standard InChI is InChI=1S/C15H25NO4/c1-14(2,3)20-13(19)16-10-6-7-11(16)15(12(17)18)8-4-5-9-15/h11H,4-10H2,1-3H3,(H,17,18). The molecular formula is C15H25NO4. The number of carboxylic acids is 1. The summed E-state index contributed by atoms with van der Waals surface area (Å²) in [4.78, 5) is 25.7. The first kappa shape index (κ1) is 15.1. The zero-order valence-electron chi connectivity index (χ0n) is 12.6. The average molecular weight is 283 g/mol. The van der Waals surface area contributed by atoms with Gasteiger partial charge in [0.1, 0.15) is 5.60 Å². The van der Waals surface area contributed by atoms with Gasteiger partial charge < -0.3 is 14.7 Å². The fraction of sp³-hybridized carbons (Fsp3) is 0.867. The van der Waals surface area contributed by atoms with E-state index < -0.39 is 17.0 Å². The largest absolute Gasteiger partial charge is 0.481 e. The van der Waals surface area contributed by atoms with E-state index in [4.69, 9.17) is 4.74 Å². The van der Waals surface area contributed by atoms with Gasteiger partial charge in [-0.05, 0) is 46.5 Å². The van der Waals surface area contributed by atoms with Crippen molar-refractivity contribution in [2.24, 2.45) is 5.41 Å². The first-order chi connectivity index (χ1) is 9.26. The van der Waals surface area contributed by atoms with Crippen molar-refractivity contribution in [2.75, 3.05) is 6.54 Å². The highest BCUT2D eigenvalue weighted by Gasteiger charge is 2.53. The first-order valence-corrected chi connectivity index (χ1v) is 7.49. The summed E-state index contributed by atoms with van der Waals surface area (Å²) in [6, 6.07) is -0.211. The second kappa shape index (κ2) is 5.26. The Kier molecular flexibility index (Phi) is 3.98. The number of amides is 1. The Bertz CT molecular complexity index is 393. The fourth-order valence-electron chi connectivity index (χ4n) is 3.58. The van der Waals surface area contributed by atoms with E-state index in [2.05, 4.69) is 0 Å². The van der Waals surface area contributed by atoms with Crippen LogP contribution in [0.2, 0.25) is 0 Å². The third kappa shape index (κ3) is 2.76. The molecule has 1 aliphatic carbocycles. The minimum Gasteiger partial charge on any atom is -0.481 e. The van der Waals surface area contributed by atoms with Gasteiger partial charge >= 0.3 is 12.1 Å². The third-order valence-corrected chi connectivity index (χ3v) is 4.44. The van der Waals surface area contributed by atoms with Crippen LogP contribution in [0.15, 0.2) is 0 Å². The number of carbonyl (C=O) groups is 2. The molecule has 1 saturated carbocycles. The number of ether oxygens (including phenoxy) is 1. The topological polar surface area (TPSA) is 66.8 Å². The molecule has 1 unspecified atom stereocenters. The average Bonchev–Trinajstić information content (AvgIpc) is 2.96. The molecule has 5 heteroatoms. The normalized spacial score (nSPS) is 25.8. The molecule has 2 aliphatic rings. The highest BCUT2D eigenvalue weighted by molar-refractivity contribution is 5.78. The fourth-order valence-corrected chi connectivity index (χ4v) is 3.58. The molecule has 1 amide bonds. The number of rotatable bonds is 2. The summed E-state index contributed by atoms with van der Waals surface area (Å²) in [5.41, 5.74) is -1.30. The molecular weight excluding hydrogens is 258 g/mol. The van der Waals surface area contributed by atoms with Crippen LogP contribution in [0.1, 0.15) is 59.3 Å². The zero-order valence-corrected chi connectivity index (χ0v) is 12.6. The predicted octanol–water partition coefficient (Wildman–Crippen LogP) is 3.03. The van der Waals surface area contributed by atoms with Crippen molar-refractivity contribution < 1.29 is 19.4 Å². The van der Waals surface area contributed by atoms with E-state index >= 15 is 0 Å². The van der Waals surface area contributed by atoms with Gasteiger partial charge in [-0.15, -0.1) is 0 Å². The molecule has 1 heterocycles. The van der Waals surface area contributed by atoms with E-state index in [1.807, 2.05) is 20.8 Å². The lowest BCUT2D eigenvalue weighted by molar-refractivity contribution is -0.152. The number of hydrogen-bond donors (Lipinski definition) is 1. The number of carbonyl (C=O) groups excluding carboxylic acids is 1. The maximum atomic E-state index is 12.3. The molecule has 1 N–H and O–H groups in total. The van der Waals surface area contributed by atoms with Gasteiger partial charge in [-0.3, -0.25) is 4.79 Å². The summed E-state index contributed by atoms with van der Waals surface area (Å²) in [6.45, 7) is 6.10. The second-order valence-electron chi connectivity index (χ2n) is 7.00. The molecule has 0 spiro atoms. The molecule has 0 aromatic heterocycles. The minimum atomic E-state index is -0.757. The SMILES string of the molecule is CC(C)(C)OC(=O)N1CCCC1C1(C(=O)O)CCCC1. The number of hydrogen-bond acceptors (Lipinski definition) is 3. The highest BCUT2D eigenvalue weighted by atomic mass is 16.6. The minimum absolute atomic E-state index is 0.211. The Morgan fingerprint density at radius 3 is 2.30 bits per heavy atom. The smallest absolute Gasteiger partial charge is 0.410 e. The van der Waals surface area contributed by atoms with Gasteiger partial charge in [0.05, 0.1) is 11.5 Å². The summed E-state index contributed by atoms with van der Waals surface area (Å²) in [6.07, 6.45) is 4.48. The van der Waals surface area contributed by atoms with E-state index in [9.17, 15) is 14.7 Å². The lowest BCUT2D eigenvalue weighted by Gasteiger charge is -2.37. The summed E-state index contributed by atoms with van der Waals surface area (Å²) >= 11 is 0. The molecule has 2 fully saturated rings. The molecule has 1 atom stereocenters. The van der Waals surface area contributed by atoms with Gasteiger partial charge in [-0.25, -0.2) is 4.79 Å². The van der Waals surface area contributed by atoms with Crippen molar-refractivity contribution >= 4 is 12.1 Å². The van der Waals surface area contributed by atoms with Crippen molar-refractivity contribution in [3.8, 4) is 0 Å². The van der Waals surface area contributed by atoms with Crippen molar-refractivity contribution in [3.05, 3.63) is 0 Å². The van der Waals surface area contributed by atoms with Crippen LogP contribution in [0.4, 0.5) is 4.79 Å². The van der Waals surface area contributed by atoms with Crippen molar-refractivity contribution in [3.63, 3.8) is 0 Å². The summed E-state index contributed by atoms with van der Waals surface area (Å²) in [7, 11) is 0. The van der Waals surface area contributed by atoms with Crippen LogP contribution in [0.3, 0.4) is 0 Å². The first-order valence-electron chi connectivity index (χ1n) is 7.49. The van der Waals surface area contributed by atoms with Crippen LogP contribution in [0, 0.1) is 5.41 Å². The third-order valence-electron chi connectivity index (χ3n) is 4.44. The van der Waals surface area contributed by atoms with Gasteiger partial charge in [0.25, 0.3) is 0 Å². The van der Waals surface area contributed by atoms with Crippen LogP contribution in [0.25, 0.3) is 0 Å². The van der Waals surface area contributed by atoms with Gasteiger partial charge in [0.2, 0.25) is 0 Å². The molecule has 20 heavy (non-hydrogen) atoms. The van der Waals surface area contributed by atoms with E-state index in [1.165, 1.54) is 0 Å². The van der Waals surface area contributed by atoms with Crippen molar-refractivity contribution in [1.82, 2.24) is 4.90 Å². The van der Waals surface area contributed by atoms with Gasteiger partial charge in [-0.2, -0.15) is 0 Å². The van der Waals surface area contributed by atoms with Gasteiger partial charge in [-0.1, -0.05) is 12.8 Å². The van der Waals surface area contributed by atoms with Crippen LogP contribution in [-0.4, -0.2) is 40.3 Å². The van der Waals surface area contributed by atoms with Crippen LogP contribution < -0.4 is 0 Å². The highest BCUT2D eigenvalue weighted by Crippen LogP contribution is 2.47. The van der Waals surface area contributed by atoms with E-state index in [-0.39, 0.29) is 12.1 Å². The Morgan fingerprint density at radius 2 is 1.80 bits per heavy atom. The lowest BCUT2D eigenvalue weighted by atomic mass is 9.77.